The van der Waals surface area contributed by atoms with Crippen LogP contribution in [0.1, 0.15) is 31.6 Å². The molecule has 1 aromatic heterocycles. The molecule has 0 aliphatic carbocycles. The van der Waals surface area contributed by atoms with Crippen molar-refractivity contribution in [3.63, 3.8) is 0 Å². The Morgan fingerprint density at radius 2 is 1.74 bits per heavy atom. The summed E-state index contributed by atoms with van der Waals surface area (Å²) < 4.78 is 21.3. The first kappa shape index (κ1) is 19.0. The SMILES string of the molecule is COc1cc(-c2noc(CCC(=O)N3CCCCC3)n2)cc(OC)c1OC. The number of piperidine rings is 1. The number of aryl methyl sites for hydroxylation is 1. The van der Waals surface area contributed by atoms with Gasteiger partial charge in [-0.3, -0.25) is 4.79 Å². The molecule has 0 bridgehead atoms. The molecule has 0 radical (unpaired) electrons. The molecule has 1 aliphatic heterocycles. The highest BCUT2D eigenvalue weighted by atomic mass is 16.5. The first-order chi connectivity index (χ1) is 13.2. The fraction of sp³-hybridized carbons (Fsp3) is 0.526. The number of rotatable bonds is 7. The average molecular weight is 375 g/mol. The normalized spacial score (nSPS) is 14.1. The lowest BCUT2D eigenvalue weighted by molar-refractivity contribution is -0.132. The first-order valence-electron chi connectivity index (χ1n) is 9.07. The summed E-state index contributed by atoms with van der Waals surface area (Å²) in [4.78, 5) is 18.6. The molecule has 0 atom stereocenters. The lowest BCUT2D eigenvalue weighted by Crippen LogP contribution is -2.35. The van der Waals surface area contributed by atoms with Crippen LogP contribution in [-0.2, 0) is 11.2 Å². The van der Waals surface area contributed by atoms with Crippen LogP contribution in [0.2, 0.25) is 0 Å². The summed E-state index contributed by atoms with van der Waals surface area (Å²) in [6.07, 6.45) is 4.16. The average Bonchev–Trinajstić information content (AvgIpc) is 3.20. The first-order valence-corrected chi connectivity index (χ1v) is 9.07. The van der Waals surface area contributed by atoms with E-state index in [0.29, 0.717) is 47.4 Å². The maximum absolute atomic E-state index is 12.3. The van der Waals surface area contributed by atoms with Crippen LogP contribution in [0.4, 0.5) is 0 Å². The van der Waals surface area contributed by atoms with Crippen LogP contribution in [0.3, 0.4) is 0 Å². The van der Waals surface area contributed by atoms with Gasteiger partial charge in [0.1, 0.15) is 0 Å². The molecule has 2 heterocycles. The number of ether oxygens (including phenoxy) is 3. The second kappa shape index (κ2) is 8.75. The van der Waals surface area contributed by atoms with E-state index < -0.39 is 0 Å². The van der Waals surface area contributed by atoms with Crippen molar-refractivity contribution in [2.75, 3.05) is 34.4 Å². The second-order valence-electron chi connectivity index (χ2n) is 6.37. The number of amides is 1. The van der Waals surface area contributed by atoms with Gasteiger partial charge < -0.3 is 23.6 Å². The van der Waals surface area contributed by atoms with Gasteiger partial charge in [0, 0.05) is 31.5 Å². The molecule has 1 aliphatic rings. The summed E-state index contributed by atoms with van der Waals surface area (Å²) in [7, 11) is 4.65. The van der Waals surface area contributed by atoms with Gasteiger partial charge in [0.2, 0.25) is 23.4 Å². The molecule has 27 heavy (non-hydrogen) atoms. The number of aromatic nitrogens is 2. The zero-order chi connectivity index (χ0) is 19.2. The van der Waals surface area contributed by atoms with E-state index in [4.69, 9.17) is 18.7 Å². The van der Waals surface area contributed by atoms with Gasteiger partial charge in [-0.2, -0.15) is 4.98 Å². The van der Waals surface area contributed by atoms with Gasteiger partial charge in [0.15, 0.2) is 11.5 Å². The van der Waals surface area contributed by atoms with Crippen molar-refractivity contribution in [1.82, 2.24) is 15.0 Å². The number of nitrogens with zero attached hydrogens (tertiary/aromatic N) is 3. The third kappa shape index (κ3) is 4.32. The van der Waals surface area contributed by atoms with E-state index in [1.165, 1.54) is 6.42 Å². The van der Waals surface area contributed by atoms with E-state index in [0.717, 1.165) is 25.9 Å². The minimum atomic E-state index is 0.141. The van der Waals surface area contributed by atoms with Gasteiger partial charge in [-0.25, -0.2) is 0 Å². The van der Waals surface area contributed by atoms with Crippen molar-refractivity contribution in [1.29, 1.82) is 0 Å². The minimum Gasteiger partial charge on any atom is -0.493 e. The third-order valence-electron chi connectivity index (χ3n) is 4.65. The molecule has 0 spiro atoms. The Hall–Kier alpha value is -2.77. The summed E-state index contributed by atoms with van der Waals surface area (Å²) in [6.45, 7) is 1.69. The Morgan fingerprint density at radius 3 is 2.33 bits per heavy atom. The van der Waals surface area contributed by atoms with Gasteiger partial charge in [-0.15, -0.1) is 0 Å². The van der Waals surface area contributed by atoms with E-state index in [1.807, 2.05) is 4.90 Å². The van der Waals surface area contributed by atoms with Gasteiger partial charge >= 0.3 is 0 Å². The molecule has 8 heteroatoms. The number of likely N-dealkylation sites (tertiary alicyclic amines) is 1. The van der Waals surface area contributed by atoms with Crippen molar-refractivity contribution in [2.24, 2.45) is 0 Å². The molecule has 2 aromatic rings. The molecule has 1 aromatic carbocycles. The summed E-state index contributed by atoms with van der Waals surface area (Å²) in [6, 6.07) is 3.52. The lowest BCUT2D eigenvalue weighted by atomic mass is 10.1. The van der Waals surface area contributed by atoms with E-state index >= 15 is 0 Å². The predicted molar refractivity (Wildman–Crippen MR) is 98.1 cm³/mol. The van der Waals surface area contributed by atoms with Crippen LogP contribution in [0, 0.1) is 0 Å². The number of hydrogen-bond donors (Lipinski definition) is 0. The molecule has 0 saturated carbocycles. The van der Waals surface area contributed by atoms with E-state index in [2.05, 4.69) is 10.1 Å². The third-order valence-corrected chi connectivity index (χ3v) is 4.65. The maximum Gasteiger partial charge on any atom is 0.227 e. The van der Waals surface area contributed by atoms with Crippen LogP contribution in [0.25, 0.3) is 11.4 Å². The molecular formula is C19H25N3O5. The molecule has 1 fully saturated rings. The fourth-order valence-corrected chi connectivity index (χ4v) is 3.20. The van der Waals surface area contributed by atoms with Crippen LogP contribution in [0.5, 0.6) is 17.2 Å². The number of hydrogen-bond acceptors (Lipinski definition) is 7. The van der Waals surface area contributed by atoms with Crippen molar-refractivity contribution in [2.45, 2.75) is 32.1 Å². The molecule has 1 saturated heterocycles. The molecule has 3 rings (SSSR count). The van der Waals surface area contributed by atoms with Gasteiger partial charge in [0.05, 0.1) is 21.3 Å². The molecular weight excluding hydrogens is 350 g/mol. The Kier molecular flexibility index (Phi) is 6.16. The summed E-state index contributed by atoms with van der Waals surface area (Å²) in [5, 5.41) is 4.02. The van der Waals surface area contributed by atoms with Crippen LogP contribution >= 0.6 is 0 Å². The highest BCUT2D eigenvalue weighted by Gasteiger charge is 2.19. The summed E-state index contributed by atoms with van der Waals surface area (Å²) in [5.74, 6) is 2.51. The fourth-order valence-electron chi connectivity index (χ4n) is 3.20. The standard InChI is InChI=1S/C19H25N3O5/c1-24-14-11-13(12-15(25-2)18(14)26-3)19-20-16(27-21-19)7-8-17(23)22-9-5-4-6-10-22/h11-12H,4-10H2,1-3H3. The molecule has 8 nitrogen and oxygen atoms in total. The second-order valence-corrected chi connectivity index (χ2v) is 6.37. The highest BCUT2D eigenvalue weighted by molar-refractivity contribution is 5.76. The topological polar surface area (TPSA) is 86.9 Å². The van der Waals surface area contributed by atoms with E-state index in [1.54, 1.807) is 33.5 Å². The van der Waals surface area contributed by atoms with Crippen LogP contribution in [0.15, 0.2) is 16.7 Å². The quantitative estimate of drug-likeness (QED) is 0.735. The zero-order valence-corrected chi connectivity index (χ0v) is 16.0. The van der Waals surface area contributed by atoms with E-state index in [9.17, 15) is 4.79 Å². The van der Waals surface area contributed by atoms with Crippen molar-refractivity contribution in [3.8, 4) is 28.6 Å². The van der Waals surface area contributed by atoms with Crippen molar-refractivity contribution in [3.05, 3.63) is 18.0 Å². The Morgan fingerprint density at radius 1 is 1.07 bits per heavy atom. The van der Waals surface area contributed by atoms with Crippen LogP contribution < -0.4 is 14.2 Å². The molecule has 146 valence electrons. The molecule has 1 amide bonds. The maximum atomic E-state index is 12.3. The van der Waals surface area contributed by atoms with Crippen LogP contribution in [-0.4, -0.2) is 55.4 Å². The van der Waals surface area contributed by atoms with Gasteiger partial charge in [0.25, 0.3) is 0 Å². The Balaban J connectivity index is 1.71. The lowest BCUT2D eigenvalue weighted by Gasteiger charge is -2.26. The predicted octanol–water partition coefficient (Wildman–Crippen LogP) is 2.71. The number of methoxy groups -OCH3 is 3. The highest BCUT2D eigenvalue weighted by Crippen LogP contribution is 2.40. The van der Waals surface area contributed by atoms with Crippen molar-refractivity contribution >= 4 is 5.91 Å². The number of carbonyl (C=O) groups excluding carboxylic acids is 1. The largest absolute Gasteiger partial charge is 0.493 e. The summed E-state index contributed by atoms with van der Waals surface area (Å²) in [5.41, 5.74) is 0.682. The molecule has 0 N–H and O–H groups in total. The van der Waals surface area contributed by atoms with Crippen molar-refractivity contribution < 1.29 is 23.5 Å². The summed E-state index contributed by atoms with van der Waals surface area (Å²) >= 11 is 0. The number of carbonyl (C=O) groups is 1. The minimum absolute atomic E-state index is 0.141. The van der Waals surface area contributed by atoms with Gasteiger partial charge in [-0.1, -0.05) is 5.16 Å². The molecule has 0 unspecified atom stereocenters. The van der Waals surface area contributed by atoms with Gasteiger partial charge in [-0.05, 0) is 31.4 Å². The Labute approximate surface area is 158 Å². The zero-order valence-electron chi connectivity index (χ0n) is 16.0. The van der Waals surface area contributed by atoms with E-state index in [-0.39, 0.29) is 5.91 Å². The number of benzene rings is 1. The Bertz CT molecular complexity index is 758. The monoisotopic (exact) mass is 375 g/mol. The smallest absolute Gasteiger partial charge is 0.227 e.